The van der Waals surface area contributed by atoms with Crippen molar-refractivity contribution < 1.29 is 47.9 Å². The van der Waals surface area contributed by atoms with Crippen LogP contribution in [0.1, 0.15) is 39.5 Å². The maximum atomic E-state index is 12.5. The second-order valence-electron chi connectivity index (χ2n) is 11.7. The maximum Gasteiger partial charge on any atom is 0.364 e. The Morgan fingerprint density at radius 3 is 2.40 bits per heavy atom. The molecule has 4 rings (SSSR count). The molecule has 0 radical (unpaired) electrons. The van der Waals surface area contributed by atoms with E-state index in [2.05, 4.69) is 20.4 Å². The summed E-state index contributed by atoms with van der Waals surface area (Å²) in [6.45, 7) is 2.47. The number of carboxylic acid groups (broad SMARTS) is 1. The Kier molecular flexibility index (Phi) is 12.8. The molecule has 3 aromatic rings. The molecule has 16 heteroatoms. The summed E-state index contributed by atoms with van der Waals surface area (Å²) in [5, 5.41) is 53.5. The van der Waals surface area contributed by atoms with E-state index < -0.39 is 71.1 Å². The molecule has 1 aromatic heterocycles. The number of nitrogens with one attached hydrogen (secondary N) is 2. The van der Waals surface area contributed by atoms with Crippen LogP contribution in [0.3, 0.4) is 0 Å². The Bertz CT molecular complexity index is 1600. The summed E-state index contributed by atoms with van der Waals surface area (Å²) in [6, 6.07) is 16.5. The molecule has 6 atom stereocenters. The second-order valence-corrected chi connectivity index (χ2v) is 13.7. The predicted octanol–water partition coefficient (Wildman–Crippen LogP) is 0.896. The van der Waals surface area contributed by atoms with Crippen molar-refractivity contribution >= 4 is 21.9 Å². The molecule has 1 saturated heterocycles. The average molecular weight is 690 g/mol. The van der Waals surface area contributed by atoms with Crippen molar-refractivity contribution in [1.82, 2.24) is 25.0 Å². The molecule has 15 nitrogen and oxygen atoms in total. The summed E-state index contributed by atoms with van der Waals surface area (Å²) < 4.78 is 39.6. The smallest absolute Gasteiger partial charge is 0.364 e. The van der Waals surface area contributed by atoms with Gasteiger partial charge in [0.15, 0.2) is 0 Å². The molecule has 2 heterocycles. The van der Waals surface area contributed by atoms with Crippen molar-refractivity contribution in [3.8, 4) is 22.4 Å². The van der Waals surface area contributed by atoms with E-state index in [1.165, 1.54) is 0 Å². The number of benzene rings is 2. The number of carbonyl (C=O) groups excluding carboxylic acids is 1. The van der Waals surface area contributed by atoms with Gasteiger partial charge in [0, 0.05) is 32.0 Å². The first-order chi connectivity index (χ1) is 22.8. The number of nitrogens with zero attached hydrogens (tertiary/aromatic N) is 3. The highest BCUT2D eigenvalue weighted by atomic mass is 32.2. The summed E-state index contributed by atoms with van der Waals surface area (Å²) in [4.78, 5) is 24.4. The van der Waals surface area contributed by atoms with Gasteiger partial charge in [0.2, 0.25) is 15.9 Å². The Labute approximate surface area is 278 Å². The van der Waals surface area contributed by atoms with Gasteiger partial charge in [0.1, 0.15) is 17.9 Å². The number of hydrogen-bond donors (Lipinski definition) is 6. The van der Waals surface area contributed by atoms with E-state index in [1.54, 1.807) is 10.9 Å². The number of aliphatic hydroxyl groups excluding tert-OH is 3. The highest BCUT2D eigenvalue weighted by molar-refractivity contribution is 7.89. The van der Waals surface area contributed by atoms with Gasteiger partial charge in [-0.05, 0) is 24.0 Å². The summed E-state index contributed by atoms with van der Waals surface area (Å²) >= 11 is 0. The van der Waals surface area contributed by atoms with Gasteiger partial charge in [0.25, 0.3) is 5.79 Å². The van der Waals surface area contributed by atoms with Crippen molar-refractivity contribution in [3.05, 3.63) is 60.8 Å². The van der Waals surface area contributed by atoms with E-state index in [-0.39, 0.29) is 18.8 Å². The highest BCUT2D eigenvalue weighted by Gasteiger charge is 2.55. The summed E-state index contributed by atoms with van der Waals surface area (Å²) in [7, 11) is -3.76. The van der Waals surface area contributed by atoms with Crippen molar-refractivity contribution in [2.45, 2.75) is 82.3 Å². The second kappa shape index (κ2) is 16.6. The van der Waals surface area contributed by atoms with Crippen LogP contribution in [0.5, 0.6) is 0 Å². The number of carboxylic acids is 1. The average Bonchev–Trinajstić information content (AvgIpc) is 3.55. The van der Waals surface area contributed by atoms with Crippen LogP contribution in [0.4, 0.5) is 0 Å². The molecule has 262 valence electrons. The fourth-order valence-corrected chi connectivity index (χ4v) is 6.61. The summed E-state index contributed by atoms with van der Waals surface area (Å²) in [5.74, 6) is -4.85. The number of sulfonamides is 1. The topological polar surface area (TPSA) is 222 Å². The van der Waals surface area contributed by atoms with Crippen LogP contribution >= 0.6 is 0 Å². The van der Waals surface area contributed by atoms with E-state index >= 15 is 0 Å². The van der Waals surface area contributed by atoms with Crippen molar-refractivity contribution in [3.63, 3.8) is 0 Å². The van der Waals surface area contributed by atoms with Gasteiger partial charge in [-0.3, -0.25) is 9.48 Å². The van der Waals surface area contributed by atoms with Gasteiger partial charge in [-0.25, -0.2) is 17.9 Å². The maximum absolute atomic E-state index is 12.5. The number of amides is 1. The number of aryl methyl sites for hydroxylation is 1. The van der Waals surface area contributed by atoms with Crippen molar-refractivity contribution in [1.29, 1.82) is 0 Å². The molecule has 0 unspecified atom stereocenters. The minimum absolute atomic E-state index is 0.173. The molecule has 1 fully saturated rings. The lowest BCUT2D eigenvalue weighted by Gasteiger charge is -2.46. The molecule has 0 bridgehead atoms. The van der Waals surface area contributed by atoms with Crippen LogP contribution in [0.2, 0.25) is 0 Å². The molecular formula is C32H43N5O10S. The van der Waals surface area contributed by atoms with Gasteiger partial charge in [-0.15, -0.1) is 5.10 Å². The Morgan fingerprint density at radius 1 is 1.08 bits per heavy atom. The first kappa shape index (κ1) is 37.1. The standard InChI is InChI=1S/C32H43N5O10S/c1-3-4-17-48(44,45)33-19-27(40)29(41)30-28(34-21(2)38)26(39)18-32(47-30,31(42)43)46-16-8-15-37-20-25(35-36-37)24-13-11-23(12-14-24)22-9-6-5-7-10-22/h5-7,9-14,20,26-30,33,39-41H,3-4,8,15-19H2,1-2H3,(H,34,38)(H,42,43)/t26-,27+,28+,29+,30+,32+/m0/s1. The van der Waals surface area contributed by atoms with E-state index in [9.17, 15) is 38.4 Å². The third-order valence-electron chi connectivity index (χ3n) is 7.97. The van der Waals surface area contributed by atoms with Crippen molar-refractivity contribution in [2.75, 3.05) is 18.9 Å². The zero-order chi connectivity index (χ0) is 34.9. The predicted molar refractivity (Wildman–Crippen MR) is 174 cm³/mol. The van der Waals surface area contributed by atoms with Crippen LogP contribution in [0.25, 0.3) is 22.4 Å². The van der Waals surface area contributed by atoms with Gasteiger partial charge >= 0.3 is 5.97 Å². The number of carbonyl (C=O) groups is 2. The lowest BCUT2D eigenvalue weighted by atomic mass is 9.88. The van der Waals surface area contributed by atoms with Gasteiger partial charge < -0.3 is 35.2 Å². The molecule has 6 N–H and O–H groups in total. The monoisotopic (exact) mass is 689 g/mol. The number of ether oxygens (including phenoxy) is 2. The quantitative estimate of drug-likeness (QED) is 0.109. The van der Waals surface area contributed by atoms with Gasteiger partial charge in [-0.1, -0.05) is 73.2 Å². The van der Waals surface area contributed by atoms with Crippen molar-refractivity contribution in [2.24, 2.45) is 0 Å². The largest absolute Gasteiger partial charge is 0.477 e. The number of aliphatic hydroxyl groups is 3. The normalized spacial score (nSPS) is 22.6. The zero-order valence-electron chi connectivity index (χ0n) is 26.8. The lowest BCUT2D eigenvalue weighted by molar-refractivity contribution is -0.310. The van der Waals surface area contributed by atoms with Gasteiger partial charge in [0.05, 0.1) is 36.8 Å². The first-order valence-electron chi connectivity index (χ1n) is 15.7. The highest BCUT2D eigenvalue weighted by Crippen LogP contribution is 2.34. The number of aromatic nitrogens is 3. The molecule has 48 heavy (non-hydrogen) atoms. The number of aliphatic carboxylic acids is 1. The zero-order valence-corrected chi connectivity index (χ0v) is 27.6. The Morgan fingerprint density at radius 2 is 1.75 bits per heavy atom. The van der Waals surface area contributed by atoms with E-state index in [4.69, 9.17) is 9.47 Å². The number of rotatable bonds is 17. The van der Waals surface area contributed by atoms with Crippen LogP contribution in [-0.4, -0.2) is 111 Å². The van der Waals surface area contributed by atoms with Gasteiger partial charge in [-0.2, -0.15) is 0 Å². The third-order valence-corrected chi connectivity index (χ3v) is 9.40. The van der Waals surface area contributed by atoms with Crippen LogP contribution in [-0.2, 0) is 35.6 Å². The fourth-order valence-electron chi connectivity index (χ4n) is 5.38. The van der Waals surface area contributed by atoms with Crippen LogP contribution < -0.4 is 10.0 Å². The summed E-state index contributed by atoms with van der Waals surface area (Å²) in [5.41, 5.74) is 3.66. The molecule has 0 saturated carbocycles. The molecule has 0 spiro atoms. The molecule has 0 aliphatic carbocycles. The SMILES string of the molecule is CCCCS(=O)(=O)NC[C@@H](O)[C@@H](O)[C@@H]1O[C@@](OCCCn2cc(-c3ccc(-c4ccccc4)cc3)nn2)(C(=O)O)C[C@H](O)[C@H]1NC(C)=O. The molecule has 1 aliphatic rings. The van der Waals surface area contributed by atoms with Crippen LogP contribution in [0, 0.1) is 0 Å². The van der Waals surface area contributed by atoms with E-state index in [0.29, 0.717) is 25.1 Å². The van der Waals surface area contributed by atoms with E-state index in [1.807, 2.05) is 61.5 Å². The minimum atomic E-state index is -3.76. The first-order valence-corrected chi connectivity index (χ1v) is 17.4. The number of unbranched alkanes of at least 4 members (excludes halogenated alkanes) is 1. The summed E-state index contributed by atoms with van der Waals surface area (Å²) in [6.07, 6.45) is -4.56. The Balaban J connectivity index is 1.39. The molecule has 2 aromatic carbocycles. The van der Waals surface area contributed by atoms with Crippen LogP contribution in [0.15, 0.2) is 60.8 Å². The molecule has 1 aliphatic heterocycles. The Hall–Kier alpha value is -3.77. The molecular weight excluding hydrogens is 646 g/mol. The third kappa shape index (κ3) is 9.65. The van der Waals surface area contributed by atoms with E-state index in [0.717, 1.165) is 23.6 Å². The molecule has 1 amide bonds. The minimum Gasteiger partial charge on any atom is -0.477 e. The lowest BCUT2D eigenvalue weighted by Crippen LogP contribution is -2.68. The number of hydrogen-bond acceptors (Lipinski definition) is 11. The fraction of sp³-hybridized carbons (Fsp3) is 0.500.